The van der Waals surface area contributed by atoms with E-state index in [0.29, 0.717) is 10.8 Å². The Morgan fingerprint density at radius 2 is 1.79 bits per heavy atom. The third kappa shape index (κ3) is 2.03. The van der Waals surface area contributed by atoms with E-state index in [1.165, 1.54) is 0 Å². The van der Waals surface area contributed by atoms with E-state index >= 15 is 0 Å². The number of amides is 1. The van der Waals surface area contributed by atoms with Gasteiger partial charge in [0, 0.05) is 10.6 Å². The van der Waals surface area contributed by atoms with Crippen LogP contribution in [0.15, 0.2) is 54.6 Å². The van der Waals surface area contributed by atoms with Crippen molar-refractivity contribution in [2.75, 3.05) is 4.90 Å². The molecule has 0 saturated carbocycles. The van der Waals surface area contributed by atoms with Crippen LogP contribution in [-0.4, -0.2) is 17.4 Å². The van der Waals surface area contributed by atoms with Gasteiger partial charge < -0.3 is 9.47 Å². The first-order valence-corrected chi connectivity index (χ1v) is 8.07. The molecule has 1 amide bonds. The molecule has 0 aliphatic carbocycles. The molecule has 4 rings (SSSR count). The Morgan fingerprint density at radius 3 is 2.54 bits per heavy atom. The first kappa shape index (κ1) is 15.1. The van der Waals surface area contributed by atoms with Crippen LogP contribution in [0, 0.1) is 0 Å². The molecule has 2 aromatic carbocycles. The van der Waals surface area contributed by atoms with E-state index in [2.05, 4.69) is 0 Å². The lowest BCUT2D eigenvalue weighted by Crippen LogP contribution is -2.60. The summed E-state index contributed by atoms with van der Waals surface area (Å²) in [6.45, 7) is 3.69. The maximum absolute atomic E-state index is 12.6. The fourth-order valence-corrected chi connectivity index (χ4v) is 3.39. The lowest BCUT2D eigenvalue weighted by molar-refractivity contribution is -0.0379. The molecule has 2 heterocycles. The molecule has 24 heavy (non-hydrogen) atoms. The molecular weight excluding hydrogens is 326 g/mol. The fraction of sp³-hybridized carbons (Fsp3) is 0.211. The number of rotatable bonds is 1. The Bertz CT molecular complexity index is 847. The average Bonchev–Trinajstić information content (AvgIpc) is 2.74. The van der Waals surface area contributed by atoms with Gasteiger partial charge in [0.2, 0.25) is 0 Å². The third-order valence-electron chi connectivity index (χ3n) is 4.46. The van der Waals surface area contributed by atoms with E-state index in [1.807, 2.05) is 68.5 Å². The van der Waals surface area contributed by atoms with Gasteiger partial charge in [0.05, 0.1) is 5.69 Å². The van der Waals surface area contributed by atoms with Crippen LogP contribution in [0.5, 0.6) is 5.75 Å². The van der Waals surface area contributed by atoms with Crippen molar-refractivity contribution in [1.29, 1.82) is 0 Å². The standard InChI is InChI=1S/C19H16ClNO3/c1-18(2)19(11-10-13-12-14(20)8-9-16(13)23-19)21(17(22)24-18)15-6-4-3-5-7-15/h3-12H,1-2H3. The average molecular weight is 342 g/mol. The topological polar surface area (TPSA) is 38.8 Å². The van der Waals surface area contributed by atoms with Crippen LogP contribution in [0.2, 0.25) is 5.02 Å². The summed E-state index contributed by atoms with van der Waals surface area (Å²) < 4.78 is 12.0. The molecule has 4 nitrogen and oxygen atoms in total. The molecule has 5 heteroatoms. The van der Waals surface area contributed by atoms with Crippen molar-refractivity contribution in [2.24, 2.45) is 0 Å². The van der Waals surface area contributed by atoms with Crippen molar-refractivity contribution in [1.82, 2.24) is 0 Å². The Morgan fingerprint density at radius 1 is 1.04 bits per heavy atom. The summed E-state index contributed by atoms with van der Waals surface area (Å²) in [5.41, 5.74) is -0.341. The smallest absolute Gasteiger partial charge is 0.418 e. The van der Waals surface area contributed by atoms with Gasteiger partial charge in [0.1, 0.15) is 5.75 Å². The number of hydrogen-bond acceptors (Lipinski definition) is 3. The highest BCUT2D eigenvalue weighted by atomic mass is 35.5. The lowest BCUT2D eigenvalue weighted by atomic mass is 9.90. The second-order valence-corrected chi connectivity index (χ2v) is 6.80. The Labute approximate surface area is 145 Å². The number of benzene rings is 2. The number of fused-ring (bicyclic) bond motifs is 1. The number of halogens is 1. The summed E-state index contributed by atoms with van der Waals surface area (Å²) in [5.74, 6) is 0.661. The van der Waals surface area contributed by atoms with Gasteiger partial charge in [0.25, 0.3) is 5.72 Å². The first-order valence-electron chi connectivity index (χ1n) is 7.69. The van der Waals surface area contributed by atoms with Crippen LogP contribution in [0.1, 0.15) is 19.4 Å². The minimum atomic E-state index is -1.06. The zero-order valence-electron chi connectivity index (χ0n) is 13.3. The minimum Gasteiger partial charge on any atom is -0.459 e. The normalized spacial score (nSPS) is 23.8. The van der Waals surface area contributed by atoms with Crippen molar-refractivity contribution >= 4 is 29.5 Å². The van der Waals surface area contributed by atoms with Crippen LogP contribution in [0.25, 0.3) is 6.08 Å². The second kappa shape index (κ2) is 5.02. The number of carbonyl (C=O) groups excluding carboxylic acids is 1. The molecule has 1 unspecified atom stereocenters. The highest BCUT2D eigenvalue weighted by Gasteiger charge is 2.63. The quantitative estimate of drug-likeness (QED) is 0.742. The minimum absolute atomic E-state index is 0.437. The summed E-state index contributed by atoms with van der Waals surface area (Å²) in [5, 5.41) is 0.635. The molecule has 0 bridgehead atoms. The van der Waals surface area contributed by atoms with Gasteiger partial charge in [0.15, 0.2) is 5.60 Å². The summed E-state index contributed by atoms with van der Waals surface area (Å²) in [6, 6.07) is 14.8. The van der Waals surface area contributed by atoms with E-state index in [9.17, 15) is 4.79 Å². The van der Waals surface area contributed by atoms with Gasteiger partial charge in [-0.3, -0.25) is 0 Å². The van der Waals surface area contributed by atoms with Crippen LogP contribution < -0.4 is 9.64 Å². The lowest BCUT2D eigenvalue weighted by Gasteiger charge is -2.42. The van der Waals surface area contributed by atoms with Crippen LogP contribution in [-0.2, 0) is 4.74 Å². The van der Waals surface area contributed by atoms with Gasteiger partial charge in [-0.25, -0.2) is 9.69 Å². The van der Waals surface area contributed by atoms with Gasteiger partial charge in [-0.05, 0) is 56.3 Å². The number of cyclic esters (lactones) is 1. The van der Waals surface area contributed by atoms with Gasteiger partial charge in [-0.15, -0.1) is 0 Å². The highest BCUT2D eigenvalue weighted by Crippen LogP contribution is 2.47. The highest BCUT2D eigenvalue weighted by molar-refractivity contribution is 6.30. The number of ether oxygens (including phenoxy) is 2. The van der Waals surface area contributed by atoms with Gasteiger partial charge in [-0.2, -0.15) is 0 Å². The number of carbonyl (C=O) groups is 1. The Kier molecular flexibility index (Phi) is 3.15. The molecule has 1 fully saturated rings. The number of hydrogen-bond donors (Lipinski definition) is 0. The van der Waals surface area contributed by atoms with E-state index < -0.39 is 17.4 Å². The van der Waals surface area contributed by atoms with Crippen molar-refractivity contribution in [3.05, 3.63) is 65.2 Å². The maximum atomic E-state index is 12.6. The molecule has 1 spiro atoms. The molecule has 2 aliphatic heterocycles. The van der Waals surface area contributed by atoms with Crippen molar-refractivity contribution in [2.45, 2.75) is 25.2 Å². The van der Waals surface area contributed by atoms with Gasteiger partial charge in [-0.1, -0.05) is 29.8 Å². The molecule has 1 atom stereocenters. The third-order valence-corrected chi connectivity index (χ3v) is 4.70. The summed E-state index contributed by atoms with van der Waals surface area (Å²) in [7, 11) is 0. The SMILES string of the molecule is CC1(C)OC(=O)N(c2ccccc2)C12C=Cc1cc(Cl)ccc1O2. The molecular formula is C19H16ClNO3. The monoisotopic (exact) mass is 341 g/mol. The zero-order valence-corrected chi connectivity index (χ0v) is 14.1. The predicted octanol–water partition coefficient (Wildman–Crippen LogP) is 4.88. The first-order chi connectivity index (χ1) is 11.4. The van der Waals surface area contributed by atoms with Crippen LogP contribution >= 0.6 is 11.6 Å². The van der Waals surface area contributed by atoms with Crippen molar-refractivity contribution in [3.8, 4) is 5.75 Å². The summed E-state index contributed by atoms with van der Waals surface area (Å²) >= 11 is 6.05. The van der Waals surface area contributed by atoms with Gasteiger partial charge >= 0.3 is 6.09 Å². The maximum Gasteiger partial charge on any atom is 0.418 e. The largest absolute Gasteiger partial charge is 0.459 e. The Hall–Kier alpha value is -2.46. The van der Waals surface area contributed by atoms with Crippen LogP contribution in [0.3, 0.4) is 0 Å². The van der Waals surface area contributed by atoms with Crippen LogP contribution in [0.4, 0.5) is 10.5 Å². The van der Waals surface area contributed by atoms with E-state index in [-0.39, 0.29) is 0 Å². The van der Waals surface area contributed by atoms with E-state index in [1.54, 1.807) is 11.0 Å². The number of nitrogens with zero attached hydrogens (tertiary/aromatic N) is 1. The molecule has 1 saturated heterocycles. The number of para-hydroxylation sites is 1. The molecule has 2 aromatic rings. The predicted molar refractivity (Wildman–Crippen MR) is 93.3 cm³/mol. The summed E-state index contributed by atoms with van der Waals surface area (Å²) in [4.78, 5) is 14.2. The number of anilines is 1. The van der Waals surface area contributed by atoms with E-state index in [0.717, 1.165) is 11.3 Å². The molecule has 0 N–H and O–H groups in total. The molecule has 0 radical (unpaired) electrons. The Balaban J connectivity index is 1.88. The zero-order chi connectivity index (χ0) is 16.9. The van der Waals surface area contributed by atoms with E-state index in [4.69, 9.17) is 21.1 Å². The molecule has 122 valence electrons. The molecule has 2 aliphatic rings. The second-order valence-electron chi connectivity index (χ2n) is 6.36. The van der Waals surface area contributed by atoms with Crippen molar-refractivity contribution < 1.29 is 14.3 Å². The summed E-state index contributed by atoms with van der Waals surface area (Å²) in [6.07, 6.45) is 3.35. The molecule has 0 aromatic heterocycles. The van der Waals surface area contributed by atoms with Crippen molar-refractivity contribution in [3.63, 3.8) is 0 Å². The fourth-order valence-electron chi connectivity index (χ4n) is 3.21.